The Labute approximate surface area is 134 Å². The molecule has 118 valence electrons. The summed E-state index contributed by atoms with van der Waals surface area (Å²) in [7, 11) is 0. The largest absolute Gasteiger partial charge is 0.506 e. The molecule has 0 fully saturated rings. The van der Waals surface area contributed by atoms with Crippen LogP contribution in [0.2, 0.25) is 0 Å². The Balaban J connectivity index is 1.79. The second-order valence-electron chi connectivity index (χ2n) is 5.17. The maximum Gasteiger partial charge on any atom is 0.182 e. The molecule has 3 rings (SSSR count). The van der Waals surface area contributed by atoms with Crippen LogP contribution in [-0.2, 0) is 13.1 Å². The Bertz CT molecular complexity index is 814. The van der Waals surface area contributed by atoms with Gasteiger partial charge in [0.1, 0.15) is 11.4 Å². The maximum atomic E-state index is 9.85. The first-order valence-corrected chi connectivity index (χ1v) is 7.43. The minimum Gasteiger partial charge on any atom is -0.506 e. The number of rotatable bonds is 5. The maximum absolute atomic E-state index is 9.85. The lowest BCUT2D eigenvalue weighted by Gasteiger charge is -2.09. The summed E-state index contributed by atoms with van der Waals surface area (Å²) in [4.78, 5) is 4.34. The molecular weight excluding hydrogens is 292 g/mol. The van der Waals surface area contributed by atoms with Crippen LogP contribution in [0.25, 0.3) is 11.4 Å². The number of nitrogens with one attached hydrogen (secondary N) is 1. The molecule has 0 bridgehead atoms. The minimum absolute atomic E-state index is 0.189. The van der Waals surface area contributed by atoms with Crippen LogP contribution in [0.15, 0.2) is 36.4 Å². The molecular formula is C16H18N6O. The van der Waals surface area contributed by atoms with Gasteiger partial charge < -0.3 is 10.4 Å². The standard InChI is InChI=1S/C16H18N6O/c1-3-22-16(19-20-21-22)12-5-4-6-13(9-12)17-10-14-15(23)8-7-11(2)18-14/h4-9,17,23H,3,10H2,1-2H3. The van der Waals surface area contributed by atoms with Crippen LogP contribution in [0, 0.1) is 6.92 Å². The molecule has 0 aliphatic heterocycles. The monoisotopic (exact) mass is 310 g/mol. The molecule has 7 heteroatoms. The van der Waals surface area contributed by atoms with Gasteiger partial charge in [-0.15, -0.1) is 5.10 Å². The third-order valence-corrected chi connectivity index (χ3v) is 3.50. The third kappa shape index (κ3) is 3.28. The van der Waals surface area contributed by atoms with E-state index in [0.717, 1.165) is 22.8 Å². The van der Waals surface area contributed by atoms with Crippen molar-refractivity contribution in [2.45, 2.75) is 26.9 Å². The normalized spacial score (nSPS) is 10.7. The number of aromatic nitrogens is 5. The highest BCUT2D eigenvalue weighted by molar-refractivity contribution is 5.62. The van der Waals surface area contributed by atoms with Gasteiger partial charge >= 0.3 is 0 Å². The minimum atomic E-state index is 0.189. The Morgan fingerprint density at radius 1 is 1.22 bits per heavy atom. The highest BCUT2D eigenvalue weighted by atomic mass is 16.3. The van der Waals surface area contributed by atoms with Gasteiger partial charge in [0.05, 0.1) is 6.54 Å². The van der Waals surface area contributed by atoms with Crippen molar-refractivity contribution in [3.05, 3.63) is 47.8 Å². The molecule has 7 nitrogen and oxygen atoms in total. The predicted octanol–water partition coefficient (Wildman–Crippen LogP) is 2.38. The van der Waals surface area contributed by atoms with Crippen LogP contribution in [0.3, 0.4) is 0 Å². The molecule has 0 saturated carbocycles. The Morgan fingerprint density at radius 3 is 2.91 bits per heavy atom. The van der Waals surface area contributed by atoms with E-state index in [0.29, 0.717) is 18.8 Å². The van der Waals surface area contributed by atoms with Crippen molar-refractivity contribution in [3.8, 4) is 17.1 Å². The zero-order valence-electron chi connectivity index (χ0n) is 13.1. The van der Waals surface area contributed by atoms with E-state index in [9.17, 15) is 5.11 Å². The summed E-state index contributed by atoms with van der Waals surface area (Å²) in [6.07, 6.45) is 0. The Morgan fingerprint density at radius 2 is 2.09 bits per heavy atom. The van der Waals surface area contributed by atoms with E-state index in [1.54, 1.807) is 16.8 Å². The number of tetrazole rings is 1. The van der Waals surface area contributed by atoms with Gasteiger partial charge in [0.25, 0.3) is 0 Å². The fourth-order valence-corrected chi connectivity index (χ4v) is 2.31. The van der Waals surface area contributed by atoms with Crippen molar-refractivity contribution >= 4 is 5.69 Å². The number of pyridine rings is 1. The number of hydrogen-bond donors (Lipinski definition) is 2. The van der Waals surface area contributed by atoms with E-state index in [4.69, 9.17) is 0 Å². The topological polar surface area (TPSA) is 88.8 Å². The smallest absolute Gasteiger partial charge is 0.182 e. The van der Waals surface area contributed by atoms with Crippen molar-refractivity contribution in [1.82, 2.24) is 25.2 Å². The molecule has 0 aliphatic rings. The summed E-state index contributed by atoms with van der Waals surface area (Å²) in [5, 5.41) is 24.8. The highest BCUT2D eigenvalue weighted by Gasteiger charge is 2.08. The number of hydrogen-bond acceptors (Lipinski definition) is 6. The van der Waals surface area contributed by atoms with Crippen molar-refractivity contribution in [2.24, 2.45) is 0 Å². The number of aryl methyl sites for hydroxylation is 2. The van der Waals surface area contributed by atoms with Crippen molar-refractivity contribution < 1.29 is 5.11 Å². The molecule has 3 aromatic rings. The molecule has 0 saturated heterocycles. The first-order chi connectivity index (χ1) is 11.2. The first kappa shape index (κ1) is 15.0. The van der Waals surface area contributed by atoms with Crippen molar-refractivity contribution in [3.63, 3.8) is 0 Å². The molecule has 1 aromatic carbocycles. The average molecular weight is 310 g/mol. The molecule has 0 aliphatic carbocycles. The molecule has 23 heavy (non-hydrogen) atoms. The number of anilines is 1. The van der Waals surface area contributed by atoms with E-state index >= 15 is 0 Å². The molecule has 0 unspecified atom stereocenters. The molecule has 2 heterocycles. The third-order valence-electron chi connectivity index (χ3n) is 3.50. The first-order valence-electron chi connectivity index (χ1n) is 7.43. The van der Waals surface area contributed by atoms with Crippen LogP contribution in [0.1, 0.15) is 18.3 Å². The van der Waals surface area contributed by atoms with Gasteiger partial charge in [0.15, 0.2) is 5.82 Å². The van der Waals surface area contributed by atoms with E-state index in [2.05, 4.69) is 25.8 Å². The zero-order chi connectivity index (χ0) is 16.2. The Hall–Kier alpha value is -2.96. The van der Waals surface area contributed by atoms with Crippen LogP contribution < -0.4 is 5.32 Å². The van der Waals surface area contributed by atoms with Gasteiger partial charge in [-0.1, -0.05) is 12.1 Å². The second-order valence-corrected chi connectivity index (χ2v) is 5.17. The molecule has 0 amide bonds. The lowest BCUT2D eigenvalue weighted by atomic mass is 10.2. The SMILES string of the molecule is CCn1nnnc1-c1cccc(NCc2nc(C)ccc2O)c1. The molecule has 0 atom stereocenters. The van der Waals surface area contributed by atoms with E-state index in [-0.39, 0.29) is 5.75 Å². The molecule has 2 N–H and O–H groups in total. The second kappa shape index (κ2) is 6.43. The quantitative estimate of drug-likeness (QED) is 0.752. The van der Waals surface area contributed by atoms with Gasteiger partial charge in [-0.05, 0) is 48.5 Å². The highest BCUT2D eigenvalue weighted by Crippen LogP contribution is 2.21. The van der Waals surface area contributed by atoms with Gasteiger partial charge in [0.2, 0.25) is 0 Å². The molecule has 0 spiro atoms. The summed E-state index contributed by atoms with van der Waals surface area (Å²) < 4.78 is 1.74. The predicted molar refractivity (Wildman–Crippen MR) is 86.9 cm³/mol. The number of nitrogens with zero attached hydrogens (tertiary/aromatic N) is 5. The number of benzene rings is 1. The van der Waals surface area contributed by atoms with Crippen LogP contribution in [-0.4, -0.2) is 30.3 Å². The van der Waals surface area contributed by atoms with E-state index in [1.807, 2.05) is 38.1 Å². The van der Waals surface area contributed by atoms with E-state index in [1.165, 1.54) is 0 Å². The van der Waals surface area contributed by atoms with Gasteiger partial charge in [-0.25, -0.2) is 4.68 Å². The van der Waals surface area contributed by atoms with Gasteiger partial charge in [-0.2, -0.15) is 0 Å². The summed E-state index contributed by atoms with van der Waals surface area (Å²) in [6.45, 7) is 5.04. The van der Waals surface area contributed by atoms with Crippen molar-refractivity contribution in [1.29, 1.82) is 0 Å². The van der Waals surface area contributed by atoms with E-state index < -0.39 is 0 Å². The summed E-state index contributed by atoms with van der Waals surface area (Å²) in [6, 6.07) is 11.3. The van der Waals surface area contributed by atoms with Crippen LogP contribution in [0.5, 0.6) is 5.75 Å². The number of aromatic hydroxyl groups is 1. The summed E-state index contributed by atoms with van der Waals surface area (Å²) >= 11 is 0. The average Bonchev–Trinajstić information content (AvgIpc) is 3.04. The summed E-state index contributed by atoms with van der Waals surface area (Å²) in [5.41, 5.74) is 3.34. The van der Waals surface area contributed by atoms with Crippen LogP contribution in [0.4, 0.5) is 5.69 Å². The molecule has 2 aromatic heterocycles. The Kier molecular flexibility index (Phi) is 4.18. The molecule has 0 radical (unpaired) electrons. The van der Waals surface area contributed by atoms with Gasteiger partial charge in [0, 0.05) is 23.5 Å². The van der Waals surface area contributed by atoms with Gasteiger partial charge in [-0.3, -0.25) is 4.98 Å². The lowest BCUT2D eigenvalue weighted by molar-refractivity contribution is 0.464. The van der Waals surface area contributed by atoms with Crippen LogP contribution >= 0.6 is 0 Å². The fourth-order valence-electron chi connectivity index (χ4n) is 2.31. The fraction of sp³-hybridized carbons (Fsp3) is 0.250. The summed E-state index contributed by atoms with van der Waals surface area (Å²) in [5.74, 6) is 0.918. The zero-order valence-corrected chi connectivity index (χ0v) is 13.1. The van der Waals surface area contributed by atoms with Crippen molar-refractivity contribution in [2.75, 3.05) is 5.32 Å². The lowest BCUT2D eigenvalue weighted by Crippen LogP contribution is -2.04.